The van der Waals surface area contributed by atoms with Crippen LogP contribution in [0.3, 0.4) is 0 Å². The Morgan fingerprint density at radius 2 is 1.83 bits per heavy atom. The maximum atomic E-state index is 12.6. The van der Waals surface area contributed by atoms with Gasteiger partial charge in [-0.15, -0.1) is 0 Å². The zero-order valence-electron chi connectivity index (χ0n) is 17.4. The van der Waals surface area contributed by atoms with Gasteiger partial charge in [0.25, 0.3) is 0 Å². The van der Waals surface area contributed by atoms with E-state index in [1.54, 1.807) is 24.1 Å². The smallest absolute Gasteiger partial charge is 0.321 e. The Balaban J connectivity index is 1.50. The van der Waals surface area contributed by atoms with Crippen molar-refractivity contribution in [3.63, 3.8) is 0 Å². The monoisotopic (exact) mass is 416 g/mol. The fraction of sp³-hybridized carbons (Fsp3) is 0.476. The Labute approximate surface area is 177 Å². The maximum absolute atomic E-state index is 12.6. The number of benzene rings is 1. The summed E-state index contributed by atoms with van der Waals surface area (Å²) in [5.74, 6) is 1.58. The summed E-state index contributed by atoms with van der Waals surface area (Å²) in [6.45, 7) is 2.01. The van der Waals surface area contributed by atoms with Crippen molar-refractivity contribution in [2.45, 2.75) is 44.7 Å². The summed E-state index contributed by atoms with van der Waals surface area (Å²) in [6, 6.07) is 7.66. The highest BCUT2D eigenvalue weighted by atomic mass is 35.5. The van der Waals surface area contributed by atoms with Crippen LogP contribution in [0.4, 0.5) is 22.2 Å². The molecule has 1 fully saturated rings. The molecule has 156 valence electrons. The quantitative estimate of drug-likeness (QED) is 0.768. The van der Waals surface area contributed by atoms with Crippen LogP contribution in [0.15, 0.2) is 30.5 Å². The molecule has 0 spiro atoms. The number of amides is 2. The molecule has 1 aliphatic rings. The van der Waals surface area contributed by atoms with E-state index in [4.69, 9.17) is 11.6 Å². The molecule has 8 heteroatoms. The van der Waals surface area contributed by atoms with E-state index < -0.39 is 0 Å². The van der Waals surface area contributed by atoms with Crippen LogP contribution in [0.5, 0.6) is 0 Å². The molecule has 1 saturated carbocycles. The molecule has 0 radical (unpaired) electrons. The van der Waals surface area contributed by atoms with E-state index in [1.807, 2.05) is 44.2 Å². The number of aromatic nitrogens is 2. The standard InChI is InChI=1S/C21H29ClN6O/c1-14-13-23-20(26-19(14)27(2)3)24-16-8-10-17(11-9-16)25-21(29)28(4)18-7-5-6-15(22)12-18/h5-7,12-13,16-17H,8-11H2,1-4H3,(H,25,29)(H,23,24,26). The first-order valence-electron chi connectivity index (χ1n) is 9.90. The van der Waals surface area contributed by atoms with Crippen LogP contribution in [0.1, 0.15) is 31.2 Å². The summed E-state index contributed by atoms with van der Waals surface area (Å²) in [4.78, 5) is 25.2. The molecule has 0 unspecified atom stereocenters. The van der Waals surface area contributed by atoms with E-state index >= 15 is 0 Å². The predicted molar refractivity (Wildman–Crippen MR) is 119 cm³/mol. The van der Waals surface area contributed by atoms with Crippen LogP contribution in [-0.2, 0) is 0 Å². The Morgan fingerprint density at radius 3 is 2.48 bits per heavy atom. The van der Waals surface area contributed by atoms with Crippen molar-refractivity contribution < 1.29 is 4.79 Å². The lowest BCUT2D eigenvalue weighted by Crippen LogP contribution is -2.45. The minimum absolute atomic E-state index is 0.110. The zero-order valence-corrected chi connectivity index (χ0v) is 18.2. The van der Waals surface area contributed by atoms with Crippen molar-refractivity contribution in [1.29, 1.82) is 0 Å². The van der Waals surface area contributed by atoms with Gasteiger partial charge in [-0.3, -0.25) is 4.90 Å². The lowest BCUT2D eigenvalue weighted by molar-refractivity contribution is 0.238. The summed E-state index contributed by atoms with van der Waals surface area (Å²) in [5, 5.41) is 7.19. The largest absolute Gasteiger partial charge is 0.362 e. The molecule has 0 saturated heterocycles. The molecule has 1 aliphatic carbocycles. The number of anilines is 3. The molecular weight excluding hydrogens is 388 g/mol. The van der Waals surface area contributed by atoms with Crippen molar-refractivity contribution in [3.8, 4) is 0 Å². The van der Waals surface area contributed by atoms with E-state index in [2.05, 4.69) is 20.6 Å². The van der Waals surface area contributed by atoms with Crippen molar-refractivity contribution in [1.82, 2.24) is 15.3 Å². The van der Waals surface area contributed by atoms with Gasteiger partial charge in [-0.1, -0.05) is 17.7 Å². The SMILES string of the molecule is Cc1cnc(NC2CCC(NC(=O)N(C)c3cccc(Cl)c3)CC2)nc1N(C)C. The number of hydrogen-bond acceptors (Lipinski definition) is 5. The molecule has 2 aromatic rings. The number of carbonyl (C=O) groups is 1. The van der Waals surface area contributed by atoms with Crippen molar-refractivity contribution in [2.75, 3.05) is 36.3 Å². The lowest BCUT2D eigenvalue weighted by atomic mass is 9.91. The van der Waals surface area contributed by atoms with E-state index in [0.29, 0.717) is 17.0 Å². The molecular formula is C21H29ClN6O. The van der Waals surface area contributed by atoms with Gasteiger partial charge in [-0.25, -0.2) is 9.78 Å². The Morgan fingerprint density at radius 1 is 1.14 bits per heavy atom. The molecule has 7 nitrogen and oxygen atoms in total. The third-order valence-corrected chi connectivity index (χ3v) is 5.49. The van der Waals surface area contributed by atoms with Gasteiger partial charge in [0.1, 0.15) is 5.82 Å². The summed E-state index contributed by atoms with van der Waals surface area (Å²) >= 11 is 6.03. The Kier molecular flexibility index (Phi) is 6.79. The van der Waals surface area contributed by atoms with Gasteiger partial charge in [-0.2, -0.15) is 4.98 Å². The van der Waals surface area contributed by atoms with Crippen LogP contribution >= 0.6 is 11.6 Å². The summed E-state index contributed by atoms with van der Waals surface area (Å²) in [5.41, 5.74) is 1.83. The van der Waals surface area contributed by atoms with Crippen LogP contribution in [0.25, 0.3) is 0 Å². The number of carbonyl (C=O) groups excluding carboxylic acids is 1. The van der Waals surface area contributed by atoms with Gasteiger partial charge in [-0.05, 0) is 50.8 Å². The molecule has 1 heterocycles. The van der Waals surface area contributed by atoms with Crippen molar-refractivity contribution >= 4 is 35.1 Å². The second-order valence-corrected chi connectivity index (χ2v) is 8.21. The van der Waals surface area contributed by atoms with Gasteiger partial charge in [0, 0.05) is 55.7 Å². The summed E-state index contributed by atoms with van der Waals surface area (Å²) < 4.78 is 0. The molecule has 29 heavy (non-hydrogen) atoms. The van der Waals surface area contributed by atoms with Crippen molar-refractivity contribution in [3.05, 3.63) is 41.0 Å². The molecule has 2 N–H and O–H groups in total. The summed E-state index contributed by atoms with van der Waals surface area (Å²) in [7, 11) is 5.71. The molecule has 0 aliphatic heterocycles. The normalized spacial score (nSPS) is 18.8. The number of aryl methyl sites for hydroxylation is 1. The topological polar surface area (TPSA) is 73.4 Å². The fourth-order valence-electron chi connectivity index (χ4n) is 3.59. The molecule has 0 bridgehead atoms. The number of hydrogen-bond donors (Lipinski definition) is 2. The number of urea groups is 1. The lowest BCUT2D eigenvalue weighted by Gasteiger charge is -2.31. The highest BCUT2D eigenvalue weighted by molar-refractivity contribution is 6.30. The minimum atomic E-state index is -0.110. The van der Waals surface area contributed by atoms with E-state index in [1.165, 1.54) is 0 Å². The molecule has 2 amide bonds. The average Bonchev–Trinajstić information content (AvgIpc) is 2.70. The van der Waals surface area contributed by atoms with Crippen molar-refractivity contribution in [2.24, 2.45) is 0 Å². The summed E-state index contributed by atoms with van der Waals surface area (Å²) in [6.07, 6.45) is 5.60. The van der Waals surface area contributed by atoms with Crippen LogP contribution in [0, 0.1) is 6.92 Å². The number of rotatable bonds is 5. The predicted octanol–water partition coefficient (Wildman–Crippen LogP) is 4.07. The number of nitrogens with zero attached hydrogens (tertiary/aromatic N) is 4. The Bertz CT molecular complexity index is 851. The third kappa shape index (κ3) is 5.50. The van der Waals surface area contributed by atoms with Crippen LogP contribution in [-0.4, -0.2) is 49.2 Å². The zero-order chi connectivity index (χ0) is 21.0. The van der Waals surface area contributed by atoms with Gasteiger partial charge < -0.3 is 15.5 Å². The Hall–Kier alpha value is -2.54. The minimum Gasteiger partial charge on any atom is -0.362 e. The van der Waals surface area contributed by atoms with Gasteiger partial charge in [0.2, 0.25) is 5.95 Å². The maximum Gasteiger partial charge on any atom is 0.321 e. The molecule has 1 aromatic heterocycles. The second kappa shape index (κ2) is 9.31. The third-order valence-electron chi connectivity index (χ3n) is 5.26. The number of nitrogens with one attached hydrogen (secondary N) is 2. The van der Waals surface area contributed by atoms with Gasteiger partial charge in [0.05, 0.1) is 0 Å². The molecule has 0 atom stereocenters. The highest BCUT2D eigenvalue weighted by Gasteiger charge is 2.24. The van der Waals surface area contributed by atoms with E-state index in [9.17, 15) is 4.79 Å². The number of halogens is 1. The molecule has 3 rings (SSSR count). The second-order valence-electron chi connectivity index (χ2n) is 7.78. The fourth-order valence-corrected chi connectivity index (χ4v) is 3.78. The average molecular weight is 417 g/mol. The first-order chi connectivity index (χ1) is 13.8. The van der Waals surface area contributed by atoms with E-state index in [-0.39, 0.29) is 12.1 Å². The van der Waals surface area contributed by atoms with E-state index in [0.717, 1.165) is 42.8 Å². The van der Waals surface area contributed by atoms with Gasteiger partial charge >= 0.3 is 6.03 Å². The van der Waals surface area contributed by atoms with Crippen LogP contribution in [0.2, 0.25) is 5.02 Å². The highest BCUT2D eigenvalue weighted by Crippen LogP contribution is 2.24. The van der Waals surface area contributed by atoms with Gasteiger partial charge in [0.15, 0.2) is 0 Å². The first-order valence-corrected chi connectivity index (χ1v) is 10.3. The van der Waals surface area contributed by atoms with Crippen LogP contribution < -0.4 is 20.4 Å². The first kappa shape index (κ1) is 21.2. The molecule has 1 aromatic carbocycles.